The first-order valence-corrected chi connectivity index (χ1v) is 15.3. The molecule has 0 radical (unpaired) electrons. The second-order valence-electron chi connectivity index (χ2n) is 10.7. The molecule has 2 aromatic carbocycles. The minimum absolute atomic E-state index is 0.456. The zero-order valence-corrected chi connectivity index (χ0v) is 25.0. The van der Waals surface area contributed by atoms with Crippen LogP contribution in [0.25, 0.3) is 10.9 Å². The van der Waals surface area contributed by atoms with E-state index in [1.807, 2.05) is 42.1 Å². The van der Waals surface area contributed by atoms with Gasteiger partial charge in [-0.1, -0.05) is 29.8 Å². The van der Waals surface area contributed by atoms with Crippen LogP contribution in [0, 0.1) is 11.3 Å². The number of hydrogen-bond acceptors (Lipinski definition) is 8. The topological polar surface area (TPSA) is 82.2 Å². The Labute approximate surface area is 250 Å². The number of piperidine rings is 2. The van der Waals surface area contributed by atoms with Crippen molar-refractivity contribution in [2.75, 3.05) is 43.5 Å². The summed E-state index contributed by atoms with van der Waals surface area (Å²) in [6.07, 6.45) is 11.6. The normalized spacial score (nSPS) is 16.6. The Bertz CT molecular complexity index is 1590. The maximum atomic E-state index is 9.93. The molecule has 2 fully saturated rings. The summed E-state index contributed by atoms with van der Waals surface area (Å²) >= 11 is 8.17. The number of rotatable bonds is 7. The molecule has 4 heterocycles. The monoisotopic (exact) mass is 587 g/mol. The number of halogens is 1. The second-order valence-corrected chi connectivity index (χ2v) is 12.1. The van der Waals surface area contributed by atoms with E-state index in [0.29, 0.717) is 22.3 Å². The Morgan fingerprint density at radius 3 is 2.56 bits per heavy atom. The van der Waals surface area contributed by atoms with E-state index in [1.165, 1.54) is 44.1 Å². The number of hydrogen-bond donors (Lipinski definition) is 1. The van der Waals surface area contributed by atoms with Crippen LogP contribution in [-0.2, 0) is 7.05 Å². The van der Waals surface area contributed by atoms with Gasteiger partial charge in [0.2, 0.25) is 0 Å². The van der Waals surface area contributed by atoms with Gasteiger partial charge in [0.15, 0.2) is 5.16 Å². The van der Waals surface area contributed by atoms with E-state index in [9.17, 15) is 5.26 Å². The molecule has 6 rings (SSSR count). The summed E-state index contributed by atoms with van der Waals surface area (Å²) in [5, 5.41) is 15.7. The van der Waals surface area contributed by atoms with Crippen molar-refractivity contribution in [1.29, 1.82) is 5.26 Å². The first-order chi connectivity index (χ1) is 20.0. The number of imidazole rings is 1. The Hall–Kier alpha value is -3.45. The molecule has 8 nitrogen and oxygen atoms in total. The maximum absolute atomic E-state index is 9.93. The van der Waals surface area contributed by atoms with Crippen LogP contribution in [0.2, 0.25) is 5.02 Å². The zero-order chi connectivity index (χ0) is 28.3. The summed E-state index contributed by atoms with van der Waals surface area (Å²) in [5.41, 5.74) is 3.79. The molecule has 0 unspecified atom stereocenters. The lowest BCUT2D eigenvalue weighted by molar-refractivity contribution is 0.141. The van der Waals surface area contributed by atoms with Crippen molar-refractivity contribution >= 4 is 51.3 Å². The van der Waals surface area contributed by atoms with Crippen molar-refractivity contribution in [1.82, 2.24) is 19.4 Å². The number of ether oxygens (including phenoxy) is 1. The van der Waals surface area contributed by atoms with Crippen LogP contribution in [0.3, 0.4) is 0 Å². The van der Waals surface area contributed by atoms with Gasteiger partial charge >= 0.3 is 0 Å². The third-order valence-corrected chi connectivity index (χ3v) is 9.76. The van der Waals surface area contributed by atoms with Crippen molar-refractivity contribution in [3.63, 3.8) is 0 Å². The number of anilines is 3. The first kappa shape index (κ1) is 27.7. The van der Waals surface area contributed by atoms with E-state index in [4.69, 9.17) is 16.3 Å². The standard InChI is InChI=1S/C31H34ClN7OS/c1-37-15-10-34-31(37)41-29-7-6-22(16-25(29)32)36-30-21(19-33)20-35-26-18-27(28(40-2)17-24(26)30)39-13-8-23(9-14-39)38-11-4-3-5-12-38/h6-7,10,15-18,20,23H,3-5,8-9,11-14H2,1-2H3,(H,35,36). The van der Waals surface area contributed by atoms with Crippen molar-refractivity contribution < 1.29 is 4.74 Å². The molecular formula is C31H34ClN7OS. The summed E-state index contributed by atoms with van der Waals surface area (Å²) in [5.74, 6) is 0.786. The minimum Gasteiger partial charge on any atom is -0.495 e. The maximum Gasteiger partial charge on any atom is 0.172 e. The number of methoxy groups -OCH3 is 1. The number of benzene rings is 2. The molecule has 212 valence electrons. The molecular weight excluding hydrogens is 554 g/mol. The third-order valence-electron chi connectivity index (χ3n) is 8.18. The highest BCUT2D eigenvalue weighted by Gasteiger charge is 2.27. The molecule has 0 amide bonds. The number of likely N-dealkylation sites (tertiary alicyclic amines) is 1. The third kappa shape index (κ3) is 5.82. The van der Waals surface area contributed by atoms with Gasteiger partial charge in [0, 0.05) is 60.7 Å². The van der Waals surface area contributed by atoms with E-state index in [1.54, 1.807) is 19.5 Å². The number of aryl methyl sites for hydroxylation is 1. The molecule has 0 spiro atoms. The Morgan fingerprint density at radius 2 is 1.88 bits per heavy atom. The quantitative estimate of drug-likeness (QED) is 0.251. The molecule has 4 aromatic rings. The van der Waals surface area contributed by atoms with E-state index < -0.39 is 0 Å². The fourth-order valence-corrected chi connectivity index (χ4v) is 7.05. The summed E-state index contributed by atoms with van der Waals surface area (Å²) in [7, 11) is 3.66. The van der Waals surface area contributed by atoms with Crippen LogP contribution >= 0.6 is 23.4 Å². The first-order valence-electron chi connectivity index (χ1n) is 14.2. The molecule has 2 saturated heterocycles. The zero-order valence-electron chi connectivity index (χ0n) is 23.4. The highest BCUT2D eigenvalue weighted by Crippen LogP contribution is 2.40. The predicted octanol–water partition coefficient (Wildman–Crippen LogP) is 6.85. The number of aromatic nitrogens is 3. The number of fused-ring (bicyclic) bond motifs is 1. The SMILES string of the molecule is COc1cc2c(Nc3ccc(Sc4nccn4C)c(Cl)c3)c(C#N)cnc2cc1N1CCC(N2CCCCC2)CC1. The summed E-state index contributed by atoms with van der Waals surface area (Å²) in [6.45, 7) is 4.46. The number of nitrogens with zero attached hydrogens (tertiary/aromatic N) is 6. The van der Waals surface area contributed by atoms with Gasteiger partial charge in [0.25, 0.3) is 0 Å². The predicted molar refractivity (Wildman–Crippen MR) is 166 cm³/mol. The van der Waals surface area contributed by atoms with Gasteiger partial charge in [-0.25, -0.2) is 4.98 Å². The van der Waals surface area contributed by atoms with Crippen LogP contribution in [0.5, 0.6) is 5.75 Å². The van der Waals surface area contributed by atoms with E-state index in [-0.39, 0.29) is 0 Å². The molecule has 2 aliphatic rings. The molecule has 0 atom stereocenters. The average Bonchev–Trinajstić information content (AvgIpc) is 3.42. The van der Waals surface area contributed by atoms with Crippen molar-refractivity contribution in [3.8, 4) is 11.8 Å². The number of nitriles is 1. The lowest BCUT2D eigenvalue weighted by atomic mass is 9.99. The van der Waals surface area contributed by atoms with Crippen molar-refractivity contribution in [2.45, 2.75) is 48.2 Å². The Kier molecular flexibility index (Phi) is 8.24. The van der Waals surface area contributed by atoms with Crippen LogP contribution in [0.4, 0.5) is 17.1 Å². The van der Waals surface area contributed by atoms with Crippen LogP contribution in [0.15, 0.2) is 59.0 Å². The Balaban J connectivity index is 1.26. The van der Waals surface area contributed by atoms with Crippen molar-refractivity contribution in [3.05, 3.63) is 59.5 Å². The van der Waals surface area contributed by atoms with Gasteiger partial charge in [0.05, 0.1) is 34.6 Å². The fourth-order valence-electron chi connectivity index (χ4n) is 5.95. The highest BCUT2D eigenvalue weighted by atomic mass is 35.5. The molecule has 0 aliphatic carbocycles. The van der Waals surface area contributed by atoms with Crippen LogP contribution < -0.4 is 15.0 Å². The summed E-state index contributed by atoms with van der Waals surface area (Å²) in [6, 6.07) is 12.9. The van der Waals surface area contributed by atoms with Crippen LogP contribution in [0.1, 0.15) is 37.7 Å². The largest absolute Gasteiger partial charge is 0.495 e. The van der Waals surface area contributed by atoms with E-state index >= 15 is 0 Å². The second kappa shape index (κ2) is 12.2. The molecule has 2 aromatic heterocycles. The van der Waals surface area contributed by atoms with Gasteiger partial charge in [-0.2, -0.15) is 5.26 Å². The Morgan fingerprint density at radius 1 is 1.07 bits per heavy atom. The van der Waals surface area contributed by atoms with E-state index in [2.05, 4.69) is 37.2 Å². The summed E-state index contributed by atoms with van der Waals surface area (Å²) in [4.78, 5) is 15.1. The van der Waals surface area contributed by atoms with Gasteiger partial charge in [-0.05, 0) is 69.1 Å². The van der Waals surface area contributed by atoms with Gasteiger partial charge < -0.3 is 24.4 Å². The van der Waals surface area contributed by atoms with Gasteiger partial charge in [-0.15, -0.1) is 0 Å². The molecule has 0 saturated carbocycles. The summed E-state index contributed by atoms with van der Waals surface area (Å²) < 4.78 is 7.85. The average molecular weight is 588 g/mol. The number of nitrogens with one attached hydrogen (secondary N) is 1. The van der Waals surface area contributed by atoms with Gasteiger partial charge in [0.1, 0.15) is 11.8 Å². The molecule has 41 heavy (non-hydrogen) atoms. The van der Waals surface area contributed by atoms with Crippen LogP contribution in [-0.4, -0.2) is 58.8 Å². The number of pyridine rings is 1. The molecule has 0 bridgehead atoms. The fraction of sp³-hybridized carbons (Fsp3) is 0.387. The lowest BCUT2D eigenvalue weighted by Crippen LogP contribution is -2.46. The van der Waals surface area contributed by atoms with E-state index in [0.717, 1.165) is 64.0 Å². The lowest BCUT2D eigenvalue weighted by Gasteiger charge is -2.41. The molecule has 2 aliphatic heterocycles. The smallest absolute Gasteiger partial charge is 0.172 e. The molecule has 1 N–H and O–H groups in total. The van der Waals surface area contributed by atoms with Crippen molar-refractivity contribution in [2.24, 2.45) is 7.05 Å². The van der Waals surface area contributed by atoms with Gasteiger partial charge in [-0.3, -0.25) is 4.98 Å². The highest BCUT2D eigenvalue weighted by molar-refractivity contribution is 7.99. The molecule has 10 heteroatoms. The minimum atomic E-state index is 0.456.